The van der Waals surface area contributed by atoms with E-state index >= 15 is 0 Å². The van der Waals surface area contributed by atoms with E-state index in [0.717, 1.165) is 25.9 Å². The number of likely N-dealkylation sites (tertiary alicyclic amines) is 1. The van der Waals surface area contributed by atoms with Gasteiger partial charge in [0.1, 0.15) is 0 Å². The molecule has 84 valence electrons. The van der Waals surface area contributed by atoms with E-state index in [1.165, 1.54) is 9.75 Å². The van der Waals surface area contributed by atoms with Crippen LogP contribution >= 0.6 is 22.9 Å². The van der Waals surface area contributed by atoms with Gasteiger partial charge in [0.05, 0.1) is 0 Å². The highest BCUT2D eigenvalue weighted by Crippen LogP contribution is 2.26. The van der Waals surface area contributed by atoms with E-state index in [1.54, 1.807) is 0 Å². The minimum atomic E-state index is 0.352. The Morgan fingerprint density at radius 1 is 1.47 bits per heavy atom. The largest absolute Gasteiger partial charge is 0.294 e. The van der Waals surface area contributed by atoms with Gasteiger partial charge in [-0.25, -0.2) is 0 Å². The van der Waals surface area contributed by atoms with Crippen LogP contribution in [0.5, 0.6) is 0 Å². The zero-order valence-corrected chi connectivity index (χ0v) is 10.9. The molecule has 1 fully saturated rings. The van der Waals surface area contributed by atoms with Gasteiger partial charge in [0.25, 0.3) is 0 Å². The number of rotatable bonds is 3. The van der Waals surface area contributed by atoms with Crippen LogP contribution in [0.15, 0.2) is 12.1 Å². The highest BCUT2D eigenvalue weighted by molar-refractivity contribution is 7.11. The Bertz CT molecular complexity index is 323. The minimum Gasteiger partial charge on any atom is -0.294 e. The van der Waals surface area contributed by atoms with E-state index in [2.05, 4.69) is 30.9 Å². The summed E-state index contributed by atoms with van der Waals surface area (Å²) in [6.07, 6.45) is 2.28. The Labute approximate surface area is 101 Å². The summed E-state index contributed by atoms with van der Waals surface area (Å²) in [7, 11) is 0. The van der Waals surface area contributed by atoms with Gasteiger partial charge in [-0.05, 0) is 31.9 Å². The van der Waals surface area contributed by atoms with E-state index in [9.17, 15) is 0 Å². The Morgan fingerprint density at radius 2 is 2.20 bits per heavy atom. The fourth-order valence-corrected chi connectivity index (χ4v) is 3.56. The number of alkyl halides is 1. The van der Waals surface area contributed by atoms with E-state index in [4.69, 9.17) is 11.6 Å². The number of aryl methyl sites for hydroxylation is 1. The molecule has 1 aliphatic heterocycles. The molecule has 1 saturated heterocycles. The standard InChI is InChI=1S/C12H18ClNS/c1-3-11-4-5-12(15-11)8-14-7-10(13)6-9(14)2/h4-5,9-10H,3,6-8H2,1-2H3. The second kappa shape index (κ2) is 4.86. The first kappa shape index (κ1) is 11.4. The predicted molar refractivity (Wildman–Crippen MR) is 67.8 cm³/mol. The normalized spacial score (nSPS) is 27.4. The molecule has 15 heavy (non-hydrogen) atoms. The van der Waals surface area contributed by atoms with Crippen molar-refractivity contribution in [2.75, 3.05) is 6.54 Å². The van der Waals surface area contributed by atoms with E-state index in [1.807, 2.05) is 11.3 Å². The monoisotopic (exact) mass is 243 g/mol. The quantitative estimate of drug-likeness (QED) is 0.735. The zero-order valence-electron chi connectivity index (χ0n) is 9.37. The van der Waals surface area contributed by atoms with Crippen LogP contribution in [0.25, 0.3) is 0 Å². The summed E-state index contributed by atoms with van der Waals surface area (Å²) in [5, 5.41) is 0.352. The molecular weight excluding hydrogens is 226 g/mol. The van der Waals surface area contributed by atoms with Gasteiger partial charge in [-0.15, -0.1) is 22.9 Å². The molecule has 2 heterocycles. The van der Waals surface area contributed by atoms with Crippen molar-refractivity contribution in [2.45, 2.75) is 44.7 Å². The van der Waals surface area contributed by atoms with Crippen molar-refractivity contribution in [3.05, 3.63) is 21.9 Å². The van der Waals surface area contributed by atoms with E-state index < -0.39 is 0 Å². The SMILES string of the molecule is CCc1ccc(CN2CC(Cl)CC2C)s1. The molecule has 1 nitrogen and oxygen atoms in total. The summed E-state index contributed by atoms with van der Waals surface area (Å²) in [5.74, 6) is 0. The van der Waals surface area contributed by atoms with Crippen LogP contribution in [0.3, 0.4) is 0 Å². The van der Waals surface area contributed by atoms with Crippen molar-refractivity contribution in [2.24, 2.45) is 0 Å². The Balaban J connectivity index is 1.96. The molecule has 1 aromatic heterocycles. The van der Waals surface area contributed by atoms with Crippen molar-refractivity contribution in [3.63, 3.8) is 0 Å². The molecule has 1 aromatic rings. The molecule has 0 amide bonds. The van der Waals surface area contributed by atoms with Gasteiger partial charge < -0.3 is 0 Å². The molecule has 0 aromatic carbocycles. The van der Waals surface area contributed by atoms with E-state index in [-0.39, 0.29) is 0 Å². The summed E-state index contributed by atoms with van der Waals surface area (Å²) in [6, 6.07) is 5.15. The maximum atomic E-state index is 6.16. The summed E-state index contributed by atoms with van der Waals surface area (Å²) >= 11 is 8.10. The fraction of sp³-hybridized carbons (Fsp3) is 0.667. The lowest BCUT2D eigenvalue weighted by Gasteiger charge is -2.19. The van der Waals surface area contributed by atoms with Crippen LogP contribution in [0.2, 0.25) is 0 Å². The van der Waals surface area contributed by atoms with Gasteiger partial charge in [0.2, 0.25) is 0 Å². The summed E-state index contributed by atoms with van der Waals surface area (Å²) in [4.78, 5) is 5.45. The van der Waals surface area contributed by atoms with Crippen molar-refractivity contribution in [3.8, 4) is 0 Å². The fourth-order valence-electron chi connectivity index (χ4n) is 2.15. The van der Waals surface area contributed by atoms with Crippen LogP contribution in [0.1, 0.15) is 30.0 Å². The third-order valence-electron chi connectivity index (χ3n) is 3.08. The predicted octanol–water partition coefficient (Wildman–Crippen LogP) is 3.51. The molecule has 3 heteroatoms. The average Bonchev–Trinajstić information content (AvgIpc) is 2.75. The summed E-state index contributed by atoms with van der Waals surface area (Å²) in [5.41, 5.74) is 0. The van der Waals surface area contributed by atoms with Crippen molar-refractivity contribution >= 4 is 22.9 Å². The molecule has 0 N–H and O–H groups in total. The van der Waals surface area contributed by atoms with Crippen molar-refractivity contribution in [1.82, 2.24) is 4.90 Å². The Kier molecular flexibility index (Phi) is 3.70. The number of hydrogen-bond acceptors (Lipinski definition) is 2. The third-order valence-corrected chi connectivity index (χ3v) is 4.61. The maximum Gasteiger partial charge on any atom is 0.0478 e. The minimum absolute atomic E-state index is 0.352. The van der Waals surface area contributed by atoms with Crippen LogP contribution in [0, 0.1) is 0 Å². The molecular formula is C12H18ClNS. The van der Waals surface area contributed by atoms with Crippen molar-refractivity contribution < 1.29 is 0 Å². The molecule has 0 aliphatic carbocycles. The van der Waals surface area contributed by atoms with Crippen LogP contribution in [0.4, 0.5) is 0 Å². The van der Waals surface area contributed by atoms with Crippen LogP contribution in [-0.2, 0) is 13.0 Å². The second-order valence-electron chi connectivity index (χ2n) is 4.33. The van der Waals surface area contributed by atoms with Gasteiger partial charge in [-0.1, -0.05) is 6.92 Å². The van der Waals surface area contributed by atoms with Gasteiger partial charge in [-0.2, -0.15) is 0 Å². The molecule has 2 rings (SSSR count). The average molecular weight is 244 g/mol. The molecule has 2 unspecified atom stereocenters. The Morgan fingerprint density at radius 3 is 2.73 bits per heavy atom. The van der Waals surface area contributed by atoms with Crippen molar-refractivity contribution in [1.29, 1.82) is 0 Å². The molecule has 0 saturated carbocycles. The number of thiophene rings is 1. The maximum absolute atomic E-state index is 6.16. The van der Waals surface area contributed by atoms with Gasteiger partial charge in [-0.3, -0.25) is 4.90 Å². The number of halogens is 1. The number of nitrogens with zero attached hydrogens (tertiary/aromatic N) is 1. The Hall–Kier alpha value is -0.0500. The second-order valence-corrected chi connectivity index (χ2v) is 6.20. The summed E-state index contributed by atoms with van der Waals surface area (Å²) in [6.45, 7) is 6.61. The van der Waals surface area contributed by atoms with Crippen LogP contribution < -0.4 is 0 Å². The summed E-state index contributed by atoms with van der Waals surface area (Å²) < 4.78 is 0. The number of hydrogen-bond donors (Lipinski definition) is 0. The molecule has 0 spiro atoms. The molecule has 1 aliphatic rings. The highest BCUT2D eigenvalue weighted by Gasteiger charge is 2.27. The van der Waals surface area contributed by atoms with Gasteiger partial charge in [0, 0.05) is 34.3 Å². The van der Waals surface area contributed by atoms with Crippen LogP contribution in [-0.4, -0.2) is 22.9 Å². The first-order chi connectivity index (χ1) is 7.19. The zero-order chi connectivity index (χ0) is 10.8. The lowest BCUT2D eigenvalue weighted by molar-refractivity contribution is 0.263. The lowest BCUT2D eigenvalue weighted by Crippen LogP contribution is -2.26. The van der Waals surface area contributed by atoms with Gasteiger partial charge in [0.15, 0.2) is 0 Å². The smallest absolute Gasteiger partial charge is 0.0478 e. The first-order valence-electron chi connectivity index (χ1n) is 5.64. The molecule has 0 radical (unpaired) electrons. The molecule has 0 bridgehead atoms. The third kappa shape index (κ3) is 2.74. The highest BCUT2D eigenvalue weighted by atomic mass is 35.5. The first-order valence-corrected chi connectivity index (χ1v) is 6.90. The van der Waals surface area contributed by atoms with Gasteiger partial charge >= 0.3 is 0 Å². The topological polar surface area (TPSA) is 3.24 Å². The van der Waals surface area contributed by atoms with E-state index in [0.29, 0.717) is 11.4 Å². The lowest BCUT2D eigenvalue weighted by atomic mass is 10.2. The molecule has 2 atom stereocenters.